The molecule has 1 fully saturated rings. The number of carbonyl (C=O) groups excluding carboxylic acids is 2. The van der Waals surface area contributed by atoms with Crippen LogP contribution in [0.3, 0.4) is 0 Å². The highest BCUT2D eigenvalue weighted by Gasteiger charge is 2.45. The Morgan fingerprint density at radius 1 is 0.771 bits per heavy atom. The van der Waals surface area contributed by atoms with Crippen molar-refractivity contribution in [3.8, 4) is 5.75 Å². The molecule has 4 nitrogen and oxygen atoms in total. The molecule has 0 spiro atoms. The van der Waals surface area contributed by atoms with Crippen LogP contribution in [0.1, 0.15) is 77.4 Å². The van der Waals surface area contributed by atoms with E-state index in [4.69, 9.17) is 9.47 Å². The molecule has 1 saturated carbocycles. The topological polar surface area (TPSA) is 52.6 Å². The summed E-state index contributed by atoms with van der Waals surface area (Å²) < 4.78 is 10.3. The minimum atomic E-state index is -0.463. The van der Waals surface area contributed by atoms with Gasteiger partial charge in [-0.2, -0.15) is 0 Å². The van der Waals surface area contributed by atoms with Gasteiger partial charge in [0.05, 0.1) is 18.2 Å². The van der Waals surface area contributed by atoms with E-state index in [1.54, 1.807) is 24.3 Å². The van der Waals surface area contributed by atoms with Crippen molar-refractivity contribution in [3.63, 3.8) is 0 Å². The number of methoxy groups -OCH3 is 1. The molecule has 0 aliphatic heterocycles. The first-order valence-electron chi connectivity index (χ1n) is 12.2. The maximum atomic E-state index is 12.7. The second-order valence-electron chi connectivity index (χ2n) is 10.8. The second-order valence-corrected chi connectivity index (χ2v) is 10.8. The van der Waals surface area contributed by atoms with Crippen LogP contribution in [0.25, 0.3) is 0 Å². The quantitative estimate of drug-likeness (QED) is 0.294. The molecule has 4 heteroatoms. The third-order valence-electron chi connectivity index (χ3n) is 7.14. The molecule has 182 valence electrons. The highest BCUT2D eigenvalue weighted by atomic mass is 16.5. The van der Waals surface area contributed by atoms with Gasteiger partial charge in [0.25, 0.3) is 0 Å². The molecular formula is C31H34O4. The monoisotopic (exact) mass is 470 g/mol. The minimum absolute atomic E-state index is 0.0822. The summed E-state index contributed by atoms with van der Waals surface area (Å²) in [4.78, 5) is 24.3. The molecule has 3 aromatic carbocycles. The van der Waals surface area contributed by atoms with Crippen molar-refractivity contribution in [2.45, 2.75) is 52.4 Å². The lowest BCUT2D eigenvalue weighted by atomic mass is 9.55. The van der Waals surface area contributed by atoms with Gasteiger partial charge in [-0.05, 0) is 85.0 Å². The first-order valence-corrected chi connectivity index (χ1v) is 12.2. The van der Waals surface area contributed by atoms with E-state index in [2.05, 4.69) is 64.1 Å². The van der Waals surface area contributed by atoms with E-state index in [9.17, 15) is 9.59 Å². The average Bonchev–Trinajstić information content (AvgIpc) is 2.83. The van der Waals surface area contributed by atoms with Crippen LogP contribution in [0, 0.1) is 18.3 Å². The van der Waals surface area contributed by atoms with Crippen molar-refractivity contribution in [2.75, 3.05) is 7.11 Å². The van der Waals surface area contributed by atoms with Gasteiger partial charge in [0.15, 0.2) is 0 Å². The Morgan fingerprint density at radius 2 is 1.29 bits per heavy atom. The summed E-state index contributed by atoms with van der Waals surface area (Å²) in [5.74, 6) is 0.196. The van der Waals surface area contributed by atoms with E-state index in [1.165, 1.54) is 30.2 Å². The first-order chi connectivity index (χ1) is 16.6. The lowest BCUT2D eigenvalue weighted by Crippen LogP contribution is -2.41. The van der Waals surface area contributed by atoms with Gasteiger partial charge in [-0.25, -0.2) is 9.59 Å². The van der Waals surface area contributed by atoms with Gasteiger partial charge in [-0.3, -0.25) is 0 Å². The van der Waals surface area contributed by atoms with Gasteiger partial charge in [0.1, 0.15) is 5.75 Å². The van der Waals surface area contributed by atoms with E-state index in [0.29, 0.717) is 22.8 Å². The smallest absolute Gasteiger partial charge is 0.343 e. The van der Waals surface area contributed by atoms with Crippen LogP contribution < -0.4 is 4.74 Å². The fourth-order valence-electron chi connectivity index (χ4n) is 5.92. The number of hydrogen-bond donors (Lipinski definition) is 0. The molecule has 1 aliphatic rings. The first kappa shape index (κ1) is 24.7. The van der Waals surface area contributed by atoms with Crippen molar-refractivity contribution in [2.24, 2.45) is 11.3 Å². The van der Waals surface area contributed by atoms with Crippen molar-refractivity contribution in [1.82, 2.24) is 0 Å². The Kier molecular flexibility index (Phi) is 6.84. The van der Waals surface area contributed by atoms with Crippen LogP contribution in [0.2, 0.25) is 0 Å². The van der Waals surface area contributed by atoms with Crippen LogP contribution in [0.5, 0.6) is 5.75 Å². The Labute approximate surface area is 208 Å². The molecule has 35 heavy (non-hydrogen) atoms. The molecule has 0 bridgehead atoms. The molecule has 1 aliphatic carbocycles. The fraction of sp³-hybridized carbons (Fsp3) is 0.355. The molecule has 0 radical (unpaired) electrons. The Bertz CT molecular complexity index is 1190. The standard InChI is InChI=1S/C31H34O4/c1-21-6-12-25(13-7-21)31(19-22(2)18-30(3,4)20-31)26-14-16-27(17-15-26)35-29(33)24-10-8-23(9-11-24)28(32)34-5/h6-17,22H,18-20H2,1-5H3. The SMILES string of the molecule is COC(=O)c1ccc(C(=O)Oc2ccc(C3(c4ccc(C)cc4)CC(C)CC(C)(C)C3)cc2)cc1. The molecule has 0 N–H and O–H groups in total. The van der Waals surface area contributed by atoms with Gasteiger partial charge in [-0.15, -0.1) is 0 Å². The minimum Gasteiger partial charge on any atom is -0.465 e. The lowest BCUT2D eigenvalue weighted by Gasteiger charge is -2.48. The maximum absolute atomic E-state index is 12.7. The molecule has 0 aromatic heterocycles. The zero-order valence-corrected chi connectivity index (χ0v) is 21.3. The molecule has 2 atom stereocenters. The molecule has 0 heterocycles. The summed E-state index contributed by atoms with van der Waals surface area (Å²) in [6.45, 7) is 9.21. The summed E-state index contributed by atoms with van der Waals surface area (Å²) in [5, 5.41) is 0. The van der Waals surface area contributed by atoms with Crippen LogP contribution in [-0.2, 0) is 10.2 Å². The van der Waals surface area contributed by atoms with E-state index in [0.717, 1.165) is 12.8 Å². The third kappa shape index (κ3) is 5.32. The van der Waals surface area contributed by atoms with Crippen molar-refractivity contribution >= 4 is 11.9 Å². The average molecular weight is 471 g/mol. The Hall–Kier alpha value is -3.40. The largest absolute Gasteiger partial charge is 0.465 e. The van der Waals surface area contributed by atoms with E-state index < -0.39 is 11.9 Å². The fourth-order valence-corrected chi connectivity index (χ4v) is 5.92. The van der Waals surface area contributed by atoms with Gasteiger partial charge in [0.2, 0.25) is 0 Å². The Morgan fingerprint density at radius 3 is 1.80 bits per heavy atom. The number of esters is 2. The number of carbonyl (C=O) groups is 2. The van der Waals surface area contributed by atoms with Crippen molar-refractivity contribution in [1.29, 1.82) is 0 Å². The lowest BCUT2D eigenvalue weighted by molar-refractivity contribution is 0.0599. The van der Waals surface area contributed by atoms with Gasteiger partial charge in [0, 0.05) is 5.41 Å². The van der Waals surface area contributed by atoms with E-state index in [-0.39, 0.29) is 10.8 Å². The number of ether oxygens (including phenoxy) is 2. The third-order valence-corrected chi connectivity index (χ3v) is 7.14. The summed E-state index contributed by atoms with van der Waals surface area (Å²) in [6.07, 6.45) is 3.37. The summed E-state index contributed by atoms with van der Waals surface area (Å²) >= 11 is 0. The van der Waals surface area contributed by atoms with Gasteiger partial charge < -0.3 is 9.47 Å². The number of rotatable bonds is 5. The second kappa shape index (κ2) is 9.69. The molecule has 3 aromatic rings. The zero-order chi connectivity index (χ0) is 25.2. The molecule has 2 unspecified atom stereocenters. The van der Waals surface area contributed by atoms with Crippen molar-refractivity contribution in [3.05, 3.63) is 101 Å². The van der Waals surface area contributed by atoms with Crippen molar-refractivity contribution < 1.29 is 19.1 Å². The van der Waals surface area contributed by atoms with Gasteiger partial charge >= 0.3 is 11.9 Å². The zero-order valence-electron chi connectivity index (χ0n) is 21.3. The molecular weight excluding hydrogens is 436 g/mol. The van der Waals surface area contributed by atoms with E-state index in [1.807, 2.05) is 12.1 Å². The Balaban J connectivity index is 1.60. The van der Waals surface area contributed by atoms with Gasteiger partial charge in [-0.1, -0.05) is 62.7 Å². The summed E-state index contributed by atoms with van der Waals surface area (Å²) in [7, 11) is 1.33. The molecule has 4 rings (SSSR count). The summed E-state index contributed by atoms with van der Waals surface area (Å²) in [6, 6.07) is 23.2. The highest BCUT2D eigenvalue weighted by Crippen LogP contribution is 2.53. The van der Waals surface area contributed by atoms with Crippen LogP contribution in [0.4, 0.5) is 0 Å². The molecule has 0 amide bonds. The number of benzene rings is 3. The predicted octanol–water partition coefficient (Wildman–Crippen LogP) is 7.13. The normalized spacial score (nSPS) is 21.2. The van der Waals surface area contributed by atoms with Crippen LogP contribution >= 0.6 is 0 Å². The maximum Gasteiger partial charge on any atom is 0.343 e. The van der Waals surface area contributed by atoms with Crippen LogP contribution in [0.15, 0.2) is 72.8 Å². The highest BCUT2D eigenvalue weighted by molar-refractivity contribution is 5.94. The number of aryl methyl sites for hydroxylation is 1. The number of hydrogen-bond acceptors (Lipinski definition) is 4. The summed E-state index contributed by atoms with van der Waals surface area (Å²) in [5.41, 5.74) is 4.76. The predicted molar refractivity (Wildman–Crippen MR) is 138 cm³/mol. The van der Waals surface area contributed by atoms with Crippen LogP contribution in [-0.4, -0.2) is 19.0 Å². The van der Waals surface area contributed by atoms with E-state index >= 15 is 0 Å². The molecule has 0 saturated heterocycles.